The molecule has 1 aromatic rings. The van der Waals surface area contributed by atoms with E-state index in [0.717, 1.165) is 19.5 Å². The molecule has 0 aromatic heterocycles. The summed E-state index contributed by atoms with van der Waals surface area (Å²) in [4.78, 5) is 2.55. The zero-order chi connectivity index (χ0) is 11.9. The molecule has 0 unspecified atom stereocenters. The van der Waals surface area contributed by atoms with Crippen molar-refractivity contribution in [2.45, 2.75) is 38.6 Å². The Hall–Kier alpha value is -0.860. The Bertz CT molecular complexity index is 312. The molecule has 0 aliphatic carbocycles. The minimum absolute atomic E-state index is 0.813. The molecular formula is C15H24N2. The summed E-state index contributed by atoms with van der Waals surface area (Å²) in [6, 6.07) is 9.13. The number of hydrogen-bond acceptors (Lipinski definition) is 2. The van der Waals surface area contributed by atoms with E-state index in [2.05, 4.69) is 29.2 Å². The Morgan fingerprint density at radius 2 is 1.59 bits per heavy atom. The second-order valence-electron chi connectivity index (χ2n) is 5.05. The lowest BCUT2D eigenvalue weighted by atomic mass is 10.1. The summed E-state index contributed by atoms with van der Waals surface area (Å²) in [5.74, 6) is 0. The van der Waals surface area contributed by atoms with E-state index >= 15 is 0 Å². The van der Waals surface area contributed by atoms with Gasteiger partial charge in [-0.25, -0.2) is 0 Å². The minimum atomic E-state index is 0.813. The molecule has 2 nitrogen and oxygen atoms in total. The lowest BCUT2D eigenvalue weighted by molar-refractivity contribution is 0.331. The third-order valence-electron chi connectivity index (χ3n) is 3.55. The van der Waals surface area contributed by atoms with Gasteiger partial charge in [0.25, 0.3) is 0 Å². The summed E-state index contributed by atoms with van der Waals surface area (Å²) < 4.78 is 0. The Balaban J connectivity index is 1.80. The SMILES string of the molecule is NCCCCc1ccc(CN2CCCC2)cc1. The van der Waals surface area contributed by atoms with E-state index in [1.807, 2.05) is 0 Å². The molecule has 1 aromatic carbocycles. The van der Waals surface area contributed by atoms with Gasteiger partial charge in [-0.15, -0.1) is 0 Å². The molecule has 0 atom stereocenters. The molecule has 0 radical (unpaired) electrons. The number of rotatable bonds is 6. The third-order valence-corrected chi connectivity index (χ3v) is 3.55. The van der Waals surface area contributed by atoms with Crippen LogP contribution in [-0.2, 0) is 13.0 Å². The van der Waals surface area contributed by atoms with Gasteiger partial charge in [0.05, 0.1) is 0 Å². The number of nitrogens with zero attached hydrogens (tertiary/aromatic N) is 1. The maximum Gasteiger partial charge on any atom is 0.0233 e. The quantitative estimate of drug-likeness (QED) is 0.764. The molecule has 1 aliphatic rings. The fourth-order valence-electron chi connectivity index (χ4n) is 2.48. The molecule has 2 heteroatoms. The highest BCUT2D eigenvalue weighted by atomic mass is 15.1. The van der Waals surface area contributed by atoms with Crippen LogP contribution in [0.1, 0.15) is 36.8 Å². The van der Waals surface area contributed by atoms with Gasteiger partial charge in [-0.2, -0.15) is 0 Å². The first-order valence-electron chi connectivity index (χ1n) is 6.89. The average Bonchev–Trinajstić information content (AvgIpc) is 2.85. The smallest absolute Gasteiger partial charge is 0.0233 e. The van der Waals surface area contributed by atoms with Gasteiger partial charge in [-0.1, -0.05) is 24.3 Å². The molecule has 1 fully saturated rings. The fourth-order valence-corrected chi connectivity index (χ4v) is 2.48. The van der Waals surface area contributed by atoms with Crippen LogP contribution in [-0.4, -0.2) is 24.5 Å². The zero-order valence-corrected chi connectivity index (χ0v) is 10.7. The van der Waals surface area contributed by atoms with E-state index in [9.17, 15) is 0 Å². The Labute approximate surface area is 105 Å². The highest BCUT2D eigenvalue weighted by Gasteiger charge is 2.11. The molecule has 1 aliphatic heterocycles. The van der Waals surface area contributed by atoms with Crippen molar-refractivity contribution in [3.05, 3.63) is 35.4 Å². The van der Waals surface area contributed by atoms with Gasteiger partial charge in [0.2, 0.25) is 0 Å². The molecule has 1 heterocycles. The normalized spacial score (nSPS) is 16.5. The molecular weight excluding hydrogens is 208 g/mol. The van der Waals surface area contributed by atoms with E-state index < -0.39 is 0 Å². The molecule has 0 saturated carbocycles. The zero-order valence-electron chi connectivity index (χ0n) is 10.7. The van der Waals surface area contributed by atoms with Crippen molar-refractivity contribution < 1.29 is 0 Å². The molecule has 1 saturated heterocycles. The molecule has 0 bridgehead atoms. The van der Waals surface area contributed by atoms with Crippen LogP contribution in [0.3, 0.4) is 0 Å². The first kappa shape index (κ1) is 12.6. The first-order valence-corrected chi connectivity index (χ1v) is 6.89. The predicted molar refractivity (Wildman–Crippen MR) is 72.9 cm³/mol. The van der Waals surface area contributed by atoms with Crippen molar-refractivity contribution in [2.75, 3.05) is 19.6 Å². The number of unbranched alkanes of at least 4 members (excludes halogenated alkanes) is 1. The molecule has 0 spiro atoms. The van der Waals surface area contributed by atoms with Crippen LogP contribution in [0.25, 0.3) is 0 Å². The molecule has 94 valence electrons. The molecule has 2 N–H and O–H groups in total. The van der Waals surface area contributed by atoms with Gasteiger partial charge in [0.15, 0.2) is 0 Å². The summed E-state index contributed by atoms with van der Waals surface area (Å²) in [7, 11) is 0. The molecule has 2 rings (SSSR count). The van der Waals surface area contributed by atoms with Crippen LogP contribution in [0.5, 0.6) is 0 Å². The fraction of sp³-hybridized carbons (Fsp3) is 0.600. The number of benzene rings is 1. The van der Waals surface area contributed by atoms with Crippen LogP contribution < -0.4 is 5.73 Å². The Kier molecular flexibility index (Phi) is 5.02. The maximum atomic E-state index is 5.50. The van der Waals surface area contributed by atoms with Gasteiger partial charge >= 0.3 is 0 Å². The number of hydrogen-bond donors (Lipinski definition) is 1. The lowest BCUT2D eigenvalue weighted by Gasteiger charge is -2.14. The minimum Gasteiger partial charge on any atom is -0.330 e. The van der Waals surface area contributed by atoms with E-state index in [4.69, 9.17) is 5.73 Å². The van der Waals surface area contributed by atoms with Gasteiger partial charge in [0.1, 0.15) is 0 Å². The van der Waals surface area contributed by atoms with Crippen molar-refractivity contribution in [3.63, 3.8) is 0 Å². The summed E-state index contributed by atoms with van der Waals surface area (Å²) in [6.45, 7) is 4.49. The van der Waals surface area contributed by atoms with Gasteiger partial charge in [0, 0.05) is 6.54 Å². The van der Waals surface area contributed by atoms with Crippen molar-refractivity contribution in [1.29, 1.82) is 0 Å². The predicted octanol–water partition coefficient (Wildman–Crippen LogP) is 2.56. The Morgan fingerprint density at radius 3 is 2.24 bits per heavy atom. The average molecular weight is 232 g/mol. The maximum absolute atomic E-state index is 5.50. The van der Waals surface area contributed by atoms with Crippen molar-refractivity contribution in [2.24, 2.45) is 5.73 Å². The number of likely N-dealkylation sites (tertiary alicyclic amines) is 1. The number of nitrogens with two attached hydrogens (primary N) is 1. The van der Waals surface area contributed by atoms with Crippen LogP contribution >= 0.6 is 0 Å². The van der Waals surface area contributed by atoms with Crippen LogP contribution in [0.4, 0.5) is 0 Å². The summed E-state index contributed by atoms with van der Waals surface area (Å²) >= 11 is 0. The molecule has 17 heavy (non-hydrogen) atoms. The van der Waals surface area contributed by atoms with Gasteiger partial charge in [-0.05, 0) is 62.9 Å². The van der Waals surface area contributed by atoms with Crippen molar-refractivity contribution in [1.82, 2.24) is 4.90 Å². The molecule has 0 amide bonds. The summed E-state index contributed by atoms with van der Waals surface area (Å²) in [5.41, 5.74) is 8.40. The van der Waals surface area contributed by atoms with Gasteiger partial charge in [-0.3, -0.25) is 4.90 Å². The van der Waals surface area contributed by atoms with Crippen molar-refractivity contribution in [3.8, 4) is 0 Å². The van der Waals surface area contributed by atoms with Crippen LogP contribution in [0.2, 0.25) is 0 Å². The monoisotopic (exact) mass is 232 g/mol. The third kappa shape index (κ3) is 4.14. The highest BCUT2D eigenvalue weighted by Crippen LogP contribution is 2.14. The highest BCUT2D eigenvalue weighted by molar-refractivity contribution is 5.22. The summed E-state index contributed by atoms with van der Waals surface area (Å²) in [5, 5.41) is 0. The van der Waals surface area contributed by atoms with E-state index in [-0.39, 0.29) is 0 Å². The van der Waals surface area contributed by atoms with Crippen LogP contribution in [0, 0.1) is 0 Å². The second-order valence-corrected chi connectivity index (χ2v) is 5.05. The number of aryl methyl sites for hydroxylation is 1. The second kappa shape index (κ2) is 6.77. The Morgan fingerprint density at radius 1 is 0.941 bits per heavy atom. The standard InChI is InChI=1S/C15H24N2/c16-10-2-1-5-14-6-8-15(9-7-14)13-17-11-3-4-12-17/h6-9H,1-5,10-13,16H2. The van der Waals surface area contributed by atoms with Crippen LogP contribution in [0.15, 0.2) is 24.3 Å². The van der Waals surface area contributed by atoms with Crippen molar-refractivity contribution >= 4 is 0 Å². The van der Waals surface area contributed by atoms with Gasteiger partial charge < -0.3 is 5.73 Å². The topological polar surface area (TPSA) is 29.3 Å². The lowest BCUT2D eigenvalue weighted by Crippen LogP contribution is -2.18. The van der Waals surface area contributed by atoms with E-state index in [1.165, 1.54) is 49.9 Å². The summed E-state index contributed by atoms with van der Waals surface area (Å²) in [6.07, 6.45) is 6.26. The van der Waals surface area contributed by atoms with E-state index in [0.29, 0.717) is 0 Å². The van der Waals surface area contributed by atoms with E-state index in [1.54, 1.807) is 0 Å². The largest absolute Gasteiger partial charge is 0.330 e. The first-order chi connectivity index (χ1) is 8.38.